The molecule has 1 aromatic rings. The van der Waals surface area contributed by atoms with Crippen LogP contribution < -0.4 is 9.47 Å². The Morgan fingerprint density at radius 2 is 1.68 bits per heavy atom. The van der Waals surface area contributed by atoms with Gasteiger partial charge in [-0.05, 0) is 18.9 Å². The molecule has 0 bridgehead atoms. The van der Waals surface area contributed by atoms with Crippen LogP contribution in [0.1, 0.15) is 37.0 Å². The Morgan fingerprint density at radius 1 is 1.11 bits per heavy atom. The fourth-order valence-corrected chi connectivity index (χ4v) is 1.84. The third kappa shape index (κ3) is 4.59. The summed E-state index contributed by atoms with van der Waals surface area (Å²) in [6, 6.07) is 3.22. The van der Waals surface area contributed by atoms with Crippen LogP contribution in [-0.4, -0.2) is 24.9 Å². The number of carbonyl (C=O) groups excluding carboxylic acids is 1. The topological polar surface area (TPSA) is 35.5 Å². The number of carbonyl (C=O) groups is 1. The number of hydrogen-bond acceptors (Lipinski definition) is 3. The van der Waals surface area contributed by atoms with Crippen molar-refractivity contribution in [3.63, 3.8) is 0 Å². The van der Waals surface area contributed by atoms with Gasteiger partial charge in [-0.2, -0.15) is 0 Å². The van der Waals surface area contributed by atoms with Gasteiger partial charge in [0.1, 0.15) is 11.5 Å². The number of Topliss-reactive ketones (excluding diaryl/α,β-unsaturated/α-hetero) is 1. The first-order valence-electron chi connectivity index (χ1n) is 6.32. The Bertz CT molecular complexity index is 433. The normalized spacial score (nSPS) is 10.3. The van der Waals surface area contributed by atoms with Gasteiger partial charge in [-0.3, -0.25) is 4.79 Å². The summed E-state index contributed by atoms with van der Waals surface area (Å²) in [5, 5.41) is 0.394. The minimum absolute atomic E-state index is 0.103. The minimum Gasteiger partial charge on any atom is -0.493 e. The van der Waals surface area contributed by atoms with E-state index in [1.807, 2.05) is 13.8 Å². The average Bonchev–Trinajstić information content (AvgIpc) is 2.43. The van der Waals surface area contributed by atoms with Gasteiger partial charge in [0.2, 0.25) is 0 Å². The zero-order chi connectivity index (χ0) is 14.3. The summed E-state index contributed by atoms with van der Waals surface area (Å²) in [5.74, 6) is 0.689. The van der Waals surface area contributed by atoms with Crippen LogP contribution >= 0.6 is 23.2 Å². The molecule has 0 fully saturated rings. The summed E-state index contributed by atoms with van der Waals surface area (Å²) in [4.78, 5) is 11.8. The number of alkyl halides is 1. The fraction of sp³-hybridized carbons (Fsp3) is 0.500. The lowest BCUT2D eigenvalue weighted by atomic mass is 10.1. The van der Waals surface area contributed by atoms with Crippen molar-refractivity contribution >= 4 is 29.0 Å². The Morgan fingerprint density at radius 3 is 2.21 bits per heavy atom. The molecule has 106 valence electrons. The van der Waals surface area contributed by atoms with Crippen LogP contribution in [0.5, 0.6) is 11.5 Å². The molecule has 3 nitrogen and oxygen atoms in total. The zero-order valence-corrected chi connectivity index (χ0v) is 12.7. The summed E-state index contributed by atoms with van der Waals surface area (Å²) >= 11 is 11.7. The van der Waals surface area contributed by atoms with E-state index >= 15 is 0 Å². The summed E-state index contributed by atoms with van der Waals surface area (Å²) in [6.45, 7) is 5.09. The molecule has 19 heavy (non-hydrogen) atoms. The zero-order valence-electron chi connectivity index (χ0n) is 11.2. The molecule has 0 aliphatic rings. The molecule has 0 unspecified atom stereocenters. The lowest BCUT2D eigenvalue weighted by Crippen LogP contribution is -2.07. The highest BCUT2D eigenvalue weighted by molar-refractivity contribution is 6.34. The van der Waals surface area contributed by atoms with E-state index in [0.29, 0.717) is 35.3 Å². The maximum Gasteiger partial charge on any atom is 0.181 e. The lowest BCUT2D eigenvalue weighted by molar-refractivity contribution is 0.101. The largest absolute Gasteiger partial charge is 0.493 e. The first-order valence-corrected chi connectivity index (χ1v) is 7.23. The second-order valence-corrected chi connectivity index (χ2v) is 4.71. The maximum atomic E-state index is 11.8. The molecule has 0 radical (unpaired) electrons. The highest BCUT2D eigenvalue weighted by Gasteiger charge is 2.16. The quantitative estimate of drug-likeness (QED) is 0.529. The molecule has 0 aliphatic carbocycles. The van der Waals surface area contributed by atoms with Crippen LogP contribution in [0.4, 0.5) is 0 Å². The summed E-state index contributed by atoms with van der Waals surface area (Å²) in [5.41, 5.74) is 0.400. The second-order valence-electron chi connectivity index (χ2n) is 4.03. The van der Waals surface area contributed by atoms with Gasteiger partial charge >= 0.3 is 0 Å². The molecule has 0 spiro atoms. The summed E-state index contributed by atoms with van der Waals surface area (Å²) in [7, 11) is 0. The van der Waals surface area contributed by atoms with E-state index in [0.717, 1.165) is 12.8 Å². The summed E-state index contributed by atoms with van der Waals surface area (Å²) < 4.78 is 11.1. The Kier molecular flexibility index (Phi) is 7.03. The molecule has 0 aliphatic heterocycles. The number of rotatable bonds is 8. The maximum absolute atomic E-state index is 11.8. The average molecular weight is 305 g/mol. The van der Waals surface area contributed by atoms with Crippen molar-refractivity contribution in [3.8, 4) is 11.5 Å². The van der Waals surface area contributed by atoms with Crippen molar-refractivity contribution < 1.29 is 14.3 Å². The molecule has 0 saturated carbocycles. The third-order valence-electron chi connectivity index (χ3n) is 2.38. The van der Waals surface area contributed by atoms with E-state index in [1.54, 1.807) is 12.1 Å². The van der Waals surface area contributed by atoms with Gasteiger partial charge in [-0.15, -0.1) is 11.6 Å². The van der Waals surface area contributed by atoms with Crippen molar-refractivity contribution in [2.45, 2.75) is 26.7 Å². The minimum atomic E-state index is -0.211. The Balaban J connectivity index is 3.08. The van der Waals surface area contributed by atoms with Gasteiger partial charge in [0.25, 0.3) is 0 Å². The Hall–Kier alpha value is -0.930. The molecule has 0 heterocycles. The van der Waals surface area contributed by atoms with Crippen molar-refractivity contribution in [1.29, 1.82) is 0 Å². The molecule has 1 aromatic carbocycles. The van der Waals surface area contributed by atoms with Crippen LogP contribution in [-0.2, 0) is 0 Å². The van der Waals surface area contributed by atoms with Crippen LogP contribution in [0.25, 0.3) is 0 Å². The van der Waals surface area contributed by atoms with E-state index in [1.165, 1.54) is 0 Å². The van der Waals surface area contributed by atoms with Gasteiger partial charge in [0, 0.05) is 6.07 Å². The molecule has 0 N–H and O–H groups in total. The Labute approximate surface area is 123 Å². The number of benzene rings is 1. The predicted octanol–water partition coefficient (Wildman–Crippen LogP) is 4.34. The van der Waals surface area contributed by atoms with Gasteiger partial charge in [-0.25, -0.2) is 0 Å². The molecule has 0 atom stereocenters. The molecule has 5 heteroatoms. The van der Waals surface area contributed by atoms with Crippen LogP contribution in [0.2, 0.25) is 5.02 Å². The number of ether oxygens (including phenoxy) is 2. The standard InChI is InChI=1S/C14H18Cl2O3/c1-3-5-18-13-8-14(19-6-4-2)11(16)7-10(13)12(17)9-15/h7-8H,3-6,9H2,1-2H3. The third-order valence-corrected chi connectivity index (χ3v) is 2.92. The van der Waals surface area contributed by atoms with E-state index in [-0.39, 0.29) is 11.7 Å². The van der Waals surface area contributed by atoms with Gasteiger partial charge < -0.3 is 9.47 Å². The highest BCUT2D eigenvalue weighted by Crippen LogP contribution is 2.33. The number of hydrogen-bond donors (Lipinski definition) is 0. The molecular formula is C14H18Cl2O3. The predicted molar refractivity (Wildman–Crippen MR) is 78.1 cm³/mol. The highest BCUT2D eigenvalue weighted by atomic mass is 35.5. The number of ketones is 1. The molecule has 0 saturated heterocycles. The first-order chi connectivity index (χ1) is 9.13. The number of halogens is 2. The van der Waals surface area contributed by atoms with E-state index in [9.17, 15) is 4.79 Å². The molecular weight excluding hydrogens is 287 g/mol. The van der Waals surface area contributed by atoms with Crippen molar-refractivity contribution in [2.24, 2.45) is 0 Å². The smallest absolute Gasteiger partial charge is 0.181 e. The molecule has 0 amide bonds. The van der Waals surface area contributed by atoms with Gasteiger partial charge in [0.15, 0.2) is 5.78 Å². The van der Waals surface area contributed by atoms with Gasteiger partial charge in [-0.1, -0.05) is 25.4 Å². The van der Waals surface area contributed by atoms with Crippen molar-refractivity contribution in [2.75, 3.05) is 19.1 Å². The first kappa shape index (κ1) is 16.1. The molecule has 1 rings (SSSR count). The molecule has 0 aromatic heterocycles. The van der Waals surface area contributed by atoms with Crippen LogP contribution in [0.15, 0.2) is 12.1 Å². The summed E-state index contributed by atoms with van der Waals surface area (Å²) in [6.07, 6.45) is 1.73. The second kappa shape index (κ2) is 8.28. The fourth-order valence-electron chi connectivity index (χ4n) is 1.48. The van der Waals surface area contributed by atoms with Crippen LogP contribution in [0.3, 0.4) is 0 Å². The van der Waals surface area contributed by atoms with Crippen molar-refractivity contribution in [1.82, 2.24) is 0 Å². The monoisotopic (exact) mass is 304 g/mol. The van der Waals surface area contributed by atoms with Crippen molar-refractivity contribution in [3.05, 3.63) is 22.7 Å². The van der Waals surface area contributed by atoms with Gasteiger partial charge in [0.05, 0.1) is 29.7 Å². The SMILES string of the molecule is CCCOc1cc(OCCC)c(C(=O)CCl)cc1Cl. The van der Waals surface area contributed by atoms with E-state index in [4.69, 9.17) is 32.7 Å². The van der Waals surface area contributed by atoms with E-state index in [2.05, 4.69) is 0 Å². The lowest BCUT2D eigenvalue weighted by Gasteiger charge is -2.13. The van der Waals surface area contributed by atoms with Crippen LogP contribution in [0, 0.1) is 0 Å². The van der Waals surface area contributed by atoms with E-state index < -0.39 is 0 Å².